The molecule has 2 aromatic rings. The SMILES string of the molecule is CC(C)(C)OC(=O)NCCC(=O)N/N=C/c1coc2c(Cl)cc(Cl)cc2c1=O. The maximum atomic E-state index is 12.4. The van der Waals surface area contributed by atoms with E-state index in [9.17, 15) is 14.4 Å². The molecular weight excluding hydrogens is 409 g/mol. The molecule has 0 saturated carbocycles. The number of carbonyl (C=O) groups is 2. The zero-order valence-corrected chi connectivity index (χ0v) is 17.0. The molecule has 150 valence electrons. The van der Waals surface area contributed by atoms with E-state index in [2.05, 4.69) is 15.8 Å². The Morgan fingerprint density at radius 2 is 2.00 bits per heavy atom. The molecule has 2 rings (SSSR count). The van der Waals surface area contributed by atoms with Gasteiger partial charge in [-0.25, -0.2) is 10.2 Å². The van der Waals surface area contributed by atoms with Gasteiger partial charge in [0, 0.05) is 18.0 Å². The first-order valence-electron chi connectivity index (χ1n) is 8.26. The predicted octanol–water partition coefficient (Wildman–Crippen LogP) is 3.46. The fraction of sp³-hybridized carbons (Fsp3) is 0.333. The summed E-state index contributed by atoms with van der Waals surface area (Å²) < 4.78 is 10.4. The van der Waals surface area contributed by atoms with Gasteiger partial charge in [0.25, 0.3) is 0 Å². The molecule has 1 aromatic heterocycles. The van der Waals surface area contributed by atoms with Gasteiger partial charge in [-0.15, -0.1) is 0 Å². The van der Waals surface area contributed by atoms with Crippen LogP contribution >= 0.6 is 23.2 Å². The van der Waals surface area contributed by atoms with E-state index in [1.807, 2.05) is 0 Å². The van der Waals surface area contributed by atoms with Crippen LogP contribution in [-0.2, 0) is 9.53 Å². The van der Waals surface area contributed by atoms with Crippen LogP contribution in [0.5, 0.6) is 0 Å². The fourth-order valence-corrected chi connectivity index (χ4v) is 2.63. The lowest BCUT2D eigenvalue weighted by Gasteiger charge is -2.19. The number of ether oxygens (including phenoxy) is 1. The molecule has 0 radical (unpaired) electrons. The summed E-state index contributed by atoms with van der Waals surface area (Å²) in [4.78, 5) is 35.6. The molecule has 10 heteroatoms. The first-order chi connectivity index (χ1) is 13.1. The monoisotopic (exact) mass is 427 g/mol. The normalized spacial score (nSPS) is 11.6. The Bertz CT molecular complexity index is 980. The number of rotatable bonds is 5. The number of hydrogen-bond acceptors (Lipinski definition) is 6. The van der Waals surface area contributed by atoms with Gasteiger partial charge in [0.1, 0.15) is 11.9 Å². The van der Waals surface area contributed by atoms with Crippen LogP contribution in [0.3, 0.4) is 0 Å². The lowest BCUT2D eigenvalue weighted by Crippen LogP contribution is -2.34. The van der Waals surface area contributed by atoms with Crippen molar-refractivity contribution >= 4 is 52.4 Å². The maximum Gasteiger partial charge on any atom is 0.407 e. The molecule has 2 N–H and O–H groups in total. The highest BCUT2D eigenvalue weighted by Gasteiger charge is 2.16. The minimum Gasteiger partial charge on any atom is -0.462 e. The summed E-state index contributed by atoms with van der Waals surface area (Å²) in [5, 5.41) is 6.89. The quantitative estimate of drug-likeness (QED) is 0.560. The Balaban J connectivity index is 1.92. The number of nitrogens with zero attached hydrogens (tertiary/aromatic N) is 1. The Morgan fingerprint density at radius 1 is 1.29 bits per heavy atom. The zero-order valence-electron chi connectivity index (χ0n) is 15.5. The molecule has 0 unspecified atom stereocenters. The van der Waals surface area contributed by atoms with Crippen molar-refractivity contribution in [3.05, 3.63) is 44.2 Å². The second kappa shape index (κ2) is 9.07. The average Bonchev–Trinajstić information content (AvgIpc) is 2.55. The van der Waals surface area contributed by atoms with Crippen molar-refractivity contribution < 1.29 is 18.7 Å². The Hall–Kier alpha value is -2.58. The number of alkyl carbamates (subject to hydrolysis) is 1. The molecule has 0 bridgehead atoms. The van der Waals surface area contributed by atoms with Gasteiger partial charge in [0.15, 0.2) is 5.58 Å². The largest absolute Gasteiger partial charge is 0.462 e. The van der Waals surface area contributed by atoms with E-state index in [4.69, 9.17) is 32.4 Å². The second-order valence-electron chi connectivity index (χ2n) is 6.76. The van der Waals surface area contributed by atoms with Crippen molar-refractivity contribution in [1.82, 2.24) is 10.7 Å². The molecule has 2 amide bonds. The molecule has 1 aromatic carbocycles. The van der Waals surface area contributed by atoms with Gasteiger partial charge >= 0.3 is 6.09 Å². The Kier molecular flexibility index (Phi) is 7.04. The van der Waals surface area contributed by atoms with Crippen LogP contribution in [0, 0.1) is 0 Å². The third-order valence-corrected chi connectivity index (χ3v) is 3.73. The number of halogens is 2. The van der Waals surface area contributed by atoms with Crippen LogP contribution in [0.15, 0.2) is 32.7 Å². The molecule has 0 aliphatic rings. The first kappa shape index (κ1) is 21.7. The maximum absolute atomic E-state index is 12.4. The highest BCUT2D eigenvalue weighted by molar-refractivity contribution is 6.38. The number of hydrogen-bond donors (Lipinski definition) is 2. The number of benzene rings is 1. The first-order valence-corrected chi connectivity index (χ1v) is 9.02. The van der Waals surface area contributed by atoms with Gasteiger partial charge < -0.3 is 14.5 Å². The molecular formula is C18H19Cl2N3O5. The van der Waals surface area contributed by atoms with Gasteiger partial charge in [-0.2, -0.15) is 5.10 Å². The van der Waals surface area contributed by atoms with Crippen molar-refractivity contribution in [1.29, 1.82) is 0 Å². The average molecular weight is 428 g/mol. The van der Waals surface area contributed by atoms with Crippen molar-refractivity contribution in [3.8, 4) is 0 Å². The number of nitrogens with one attached hydrogen (secondary N) is 2. The van der Waals surface area contributed by atoms with E-state index < -0.39 is 23.0 Å². The molecule has 1 heterocycles. The van der Waals surface area contributed by atoms with Gasteiger partial charge in [-0.1, -0.05) is 23.2 Å². The van der Waals surface area contributed by atoms with Crippen LogP contribution in [0.1, 0.15) is 32.8 Å². The van der Waals surface area contributed by atoms with Crippen LogP contribution in [0.25, 0.3) is 11.0 Å². The number of hydrazone groups is 1. The smallest absolute Gasteiger partial charge is 0.407 e. The molecule has 0 atom stereocenters. The van der Waals surface area contributed by atoms with Crippen molar-refractivity contribution in [2.75, 3.05) is 6.54 Å². The summed E-state index contributed by atoms with van der Waals surface area (Å²) in [5.41, 5.74) is 1.57. The molecule has 0 fully saturated rings. The summed E-state index contributed by atoms with van der Waals surface area (Å²) in [5.74, 6) is -0.455. The van der Waals surface area contributed by atoms with Crippen molar-refractivity contribution in [2.24, 2.45) is 5.10 Å². The Morgan fingerprint density at radius 3 is 2.68 bits per heavy atom. The summed E-state index contributed by atoms with van der Waals surface area (Å²) in [6.07, 6.45) is 1.70. The van der Waals surface area contributed by atoms with Gasteiger partial charge in [0.05, 0.1) is 22.2 Å². The minimum atomic E-state index is -0.619. The van der Waals surface area contributed by atoms with Crippen molar-refractivity contribution in [3.63, 3.8) is 0 Å². The Labute approximate surface area is 170 Å². The summed E-state index contributed by atoms with van der Waals surface area (Å²) in [6.45, 7) is 5.28. The highest BCUT2D eigenvalue weighted by atomic mass is 35.5. The lowest BCUT2D eigenvalue weighted by molar-refractivity contribution is -0.120. The van der Waals surface area contributed by atoms with E-state index in [1.54, 1.807) is 20.8 Å². The standard InChI is InChI=1S/C18H19Cl2N3O5/c1-18(2,3)28-17(26)21-5-4-14(24)23-22-8-10-9-27-16-12(15(10)25)6-11(19)7-13(16)20/h6-9H,4-5H2,1-3H3,(H,21,26)(H,23,24)/b22-8+. The van der Waals surface area contributed by atoms with Crippen molar-refractivity contribution in [2.45, 2.75) is 32.8 Å². The number of carbonyl (C=O) groups excluding carboxylic acids is 2. The number of amides is 2. The molecule has 28 heavy (non-hydrogen) atoms. The van der Waals surface area contributed by atoms with E-state index in [1.165, 1.54) is 18.4 Å². The predicted molar refractivity (Wildman–Crippen MR) is 107 cm³/mol. The second-order valence-corrected chi connectivity index (χ2v) is 7.60. The van der Waals surface area contributed by atoms with E-state index in [0.29, 0.717) is 5.02 Å². The fourth-order valence-electron chi connectivity index (χ4n) is 2.09. The van der Waals surface area contributed by atoms with Gasteiger partial charge in [-0.3, -0.25) is 9.59 Å². The third-order valence-electron chi connectivity index (χ3n) is 3.23. The number of fused-ring (bicyclic) bond motifs is 1. The minimum absolute atomic E-state index is 0.0197. The third kappa shape index (κ3) is 6.24. The summed E-state index contributed by atoms with van der Waals surface area (Å²) >= 11 is 11.9. The molecule has 8 nitrogen and oxygen atoms in total. The zero-order chi connectivity index (χ0) is 20.9. The lowest BCUT2D eigenvalue weighted by atomic mass is 10.2. The van der Waals surface area contributed by atoms with E-state index >= 15 is 0 Å². The van der Waals surface area contributed by atoms with Crippen LogP contribution in [-0.4, -0.2) is 30.4 Å². The van der Waals surface area contributed by atoms with Crippen LogP contribution < -0.4 is 16.2 Å². The summed E-state index contributed by atoms with van der Waals surface area (Å²) in [6, 6.07) is 2.90. The molecule has 0 aliphatic carbocycles. The van der Waals surface area contributed by atoms with Gasteiger partial charge in [0.2, 0.25) is 11.3 Å². The topological polar surface area (TPSA) is 110 Å². The molecule has 0 saturated heterocycles. The van der Waals surface area contributed by atoms with E-state index in [0.717, 1.165) is 6.21 Å². The molecule has 0 aliphatic heterocycles. The van der Waals surface area contributed by atoms with Crippen LogP contribution in [0.4, 0.5) is 4.79 Å². The van der Waals surface area contributed by atoms with Crippen LogP contribution in [0.2, 0.25) is 10.0 Å². The summed E-state index contributed by atoms with van der Waals surface area (Å²) in [7, 11) is 0. The van der Waals surface area contributed by atoms with E-state index in [-0.39, 0.29) is 34.5 Å². The highest BCUT2D eigenvalue weighted by Crippen LogP contribution is 2.26. The molecule has 0 spiro atoms. The van der Waals surface area contributed by atoms with Gasteiger partial charge in [-0.05, 0) is 32.9 Å².